The summed E-state index contributed by atoms with van der Waals surface area (Å²) < 4.78 is 27.1. The van der Waals surface area contributed by atoms with Crippen LogP contribution in [0.1, 0.15) is 24.4 Å². The first kappa shape index (κ1) is 10.8. The molecule has 0 aliphatic carbocycles. The van der Waals surface area contributed by atoms with Gasteiger partial charge in [0.15, 0.2) is 0 Å². The van der Waals surface area contributed by atoms with E-state index in [1.54, 1.807) is 24.3 Å². The molecule has 0 saturated carbocycles. The second-order valence-electron chi connectivity index (χ2n) is 3.80. The van der Waals surface area contributed by atoms with Crippen molar-refractivity contribution in [2.24, 2.45) is 0 Å². The molecule has 1 N–H and O–H groups in total. The smallest absolute Gasteiger partial charge is 0.267 e. The van der Waals surface area contributed by atoms with Crippen LogP contribution in [0.4, 0.5) is 8.78 Å². The van der Waals surface area contributed by atoms with Crippen LogP contribution < -0.4 is 5.32 Å². The highest BCUT2D eigenvalue weighted by molar-refractivity contribution is 6.30. The first-order valence-corrected chi connectivity index (χ1v) is 5.34. The van der Waals surface area contributed by atoms with Crippen LogP contribution in [0.5, 0.6) is 0 Å². The van der Waals surface area contributed by atoms with Crippen molar-refractivity contribution in [2.45, 2.75) is 24.8 Å². The molecule has 1 aliphatic heterocycles. The van der Waals surface area contributed by atoms with Gasteiger partial charge >= 0.3 is 0 Å². The molecule has 1 unspecified atom stereocenters. The van der Waals surface area contributed by atoms with E-state index >= 15 is 0 Å². The summed E-state index contributed by atoms with van der Waals surface area (Å²) in [5.74, 6) is -2.66. The van der Waals surface area contributed by atoms with E-state index in [2.05, 4.69) is 5.32 Å². The highest BCUT2D eigenvalue weighted by Crippen LogP contribution is 2.37. The Morgan fingerprint density at radius 3 is 2.53 bits per heavy atom. The van der Waals surface area contributed by atoms with Gasteiger partial charge in [-0.3, -0.25) is 0 Å². The van der Waals surface area contributed by atoms with Crippen molar-refractivity contribution in [1.82, 2.24) is 5.32 Å². The summed E-state index contributed by atoms with van der Waals surface area (Å²) in [6, 6.07) is 5.72. The lowest BCUT2D eigenvalue weighted by atomic mass is 9.94. The normalized spacial score (nSPS) is 25.1. The zero-order valence-electron chi connectivity index (χ0n) is 8.14. The Morgan fingerprint density at radius 2 is 1.93 bits per heavy atom. The maximum atomic E-state index is 13.6. The van der Waals surface area contributed by atoms with Gasteiger partial charge in [0.1, 0.15) is 0 Å². The highest BCUT2D eigenvalue weighted by Gasteiger charge is 2.42. The molecular formula is C11H12ClF2N. The average Bonchev–Trinajstić information content (AvgIpc) is 2.19. The van der Waals surface area contributed by atoms with E-state index in [1.165, 1.54) is 0 Å². The zero-order chi connectivity index (χ0) is 10.9. The van der Waals surface area contributed by atoms with Crippen LogP contribution in [0.3, 0.4) is 0 Å². The molecule has 82 valence electrons. The molecule has 0 aromatic heterocycles. The van der Waals surface area contributed by atoms with Crippen molar-refractivity contribution in [3.63, 3.8) is 0 Å². The third-order valence-corrected chi connectivity index (χ3v) is 2.91. The van der Waals surface area contributed by atoms with E-state index in [9.17, 15) is 8.78 Å². The molecule has 4 heteroatoms. The number of nitrogens with one attached hydrogen (secondary N) is 1. The molecular weight excluding hydrogens is 220 g/mol. The Bertz CT molecular complexity index is 337. The summed E-state index contributed by atoms with van der Waals surface area (Å²) in [7, 11) is 0. The Morgan fingerprint density at radius 1 is 1.27 bits per heavy atom. The number of alkyl halides is 2. The Hall–Kier alpha value is -0.670. The van der Waals surface area contributed by atoms with Gasteiger partial charge in [-0.25, -0.2) is 8.78 Å². The minimum Gasteiger partial charge on any atom is -0.305 e. The Labute approximate surface area is 92.4 Å². The summed E-state index contributed by atoms with van der Waals surface area (Å²) in [4.78, 5) is 0. The molecule has 0 amide bonds. The quantitative estimate of drug-likeness (QED) is 0.781. The van der Waals surface area contributed by atoms with Crippen LogP contribution >= 0.6 is 11.6 Å². The molecule has 0 radical (unpaired) electrons. The molecule has 15 heavy (non-hydrogen) atoms. The predicted octanol–water partition coefficient (Wildman–Crippen LogP) is 3.40. The third-order valence-electron chi connectivity index (χ3n) is 2.66. The Kier molecular flexibility index (Phi) is 2.94. The largest absolute Gasteiger partial charge is 0.305 e. The van der Waals surface area contributed by atoms with Crippen molar-refractivity contribution in [3.05, 3.63) is 34.9 Å². The minimum atomic E-state index is -2.66. The van der Waals surface area contributed by atoms with Crippen molar-refractivity contribution < 1.29 is 8.78 Å². The van der Waals surface area contributed by atoms with Crippen molar-refractivity contribution >= 4 is 11.6 Å². The second-order valence-corrected chi connectivity index (χ2v) is 4.24. The zero-order valence-corrected chi connectivity index (χ0v) is 8.90. The number of hydrogen-bond acceptors (Lipinski definition) is 1. The second kappa shape index (κ2) is 4.06. The lowest BCUT2D eigenvalue weighted by molar-refractivity contribution is -0.0619. The molecule has 1 aromatic carbocycles. The minimum absolute atomic E-state index is 0.0483. The average molecular weight is 232 g/mol. The molecule has 2 rings (SSSR count). The fourth-order valence-corrected chi connectivity index (χ4v) is 2.01. The summed E-state index contributed by atoms with van der Waals surface area (Å²) >= 11 is 5.71. The summed E-state index contributed by atoms with van der Waals surface area (Å²) in [5, 5.41) is 3.42. The molecule has 1 aliphatic rings. The molecule has 1 nitrogen and oxygen atoms in total. The topological polar surface area (TPSA) is 12.0 Å². The van der Waals surface area contributed by atoms with Gasteiger partial charge in [-0.15, -0.1) is 0 Å². The van der Waals surface area contributed by atoms with E-state index in [1.807, 2.05) is 0 Å². The number of benzene rings is 1. The first-order valence-electron chi connectivity index (χ1n) is 4.96. The third kappa shape index (κ3) is 2.29. The van der Waals surface area contributed by atoms with E-state index in [0.717, 1.165) is 0 Å². The van der Waals surface area contributed by atoms with Crippen LogP contribution in [0, 0.1) is 0 Å². The monoisotopic (exact) mass is 231 g/mol. The van der Waals surface area contributed by atoms with Crippen LogP contribution in [0.15, 0.2) is 24.3 Å². The van der Waals surface area contributed by atoms with Gasteiger partial charge in [-0.1, -0.05) is 23.7 Å². The van der Waals surface area contributed by atoms with Crippen molar-refractivity contribution in [3.8, 4) is 0 Å². The number of piperidine rings is 1. The van der Waals surface area contributed by atoms with E-state index < -0.39 is 12.0 Å². The van der Waals surface area contributed by atoms with E-state index in [-0.39, 0.29) is 6.42 Å². The van der Waals surface area contributed by atoms with E-state index in [4.69, 9.17) is 11.6 Å². The van der Waals surface area contributed by atoms with Crippen molar-refractivity contribution in [2.75, 3.05) is 6.54 Å². The first-order chi connectivity index (χ1) is 7.09. The highest BCUT2D eigenvalue weighted by atomic mass is 35.5. The molecule has 0 bridgehead atoms. The molecule has 1 saturated heterocycles. The van der Waals surface area contributed by atoms with Crippen LogP contribution in [-0.2, 0) is 0 Å². The fraction of sp³-hybridized carbons (Fsp3) is 0.455. The van der Waals surface area contributed by atoms with Gasteiger partial charge in [0.2, 0.25) is 0 Å². The number of hydrogen-bond donors (Lipinski definition) is 1. The molecule has 1 atom stereocenters. The SMILES string of the molecule is FC1(F)CCCNC1c1ccc(Cl)cc1. The standard InChI is InChI=1S/C11H12ClF2N/c12-9-4-2-8(3-5-9)10-11(13,14)6-1-7-15-10/h2-5,10,15H,1,6-7H2. The van der Waals surface area contributed by atoms with Gasteiger partial charge in [-0.05, 0) is 30.7 Å². The summed E-state index contributed by atoms with van der Waals surface area (Å²) in [5.41, 5.74) is 0.601. The Balaban J connectivity index is 2.25. The van der Waals surface area contributed by atoms with Gasteiger partial charge < -0.3 is 5.32 Å². The van der Waals surface area contributed by atoms with Crippen molar-refractivity contribution in [1.29, 1.82) is 0 Å². The van der Waals surface area contributed by atoms with Gasteiger partial charge in [0.05, 0.1) is 6.04 Å². The summed E-state index contributed by atoms with van der Waals surface area (Å²) in [6.07, 6.45) is 0.477. The maximum absolute atomic E-state index is 13.6. The van der Waals surface area contributed by atoms with Gasteiger partial charge in [0.25, 0.3) is 5.92 Å². The van der Waals surface area contributed by atoms with Crippen LogP contribution in [0.2, 0.25) is 5.02 Å². The van der Waals surface area contributed by atoms with Gasteiger partial charge in [-0.2, -0.15) is 0 Å². The van der Waals surface area contributed by atoms with Crippen LogP contribution in [-0.4, -0.2) is 12.5 Å². The summed E-state index contributed by atoms with van der Waals surface area (Å²) in [6.45, 7) is 0.642. The molecule has 1 fully saturated rings. The molecule has 1 aromatic rings. The lowest BCUT2D eigenvalue weighted by Gasteiger charge is -2.32. The van der Waals surface area contributed by atoms with Gasteiger partial charge in [0, 0.05) is 11.4 Å². The van der Waals surface area contributed by atoms with E-state index in [0.29, 0.717) is 23.6 Å². The lowest BCUT2D eigenvalue weighted by Crippen LogP contribution is -2.42. The fourth-order valence-electron chi connectivity index (χ4n) is 1.88. The van der Waals surface area contributed by atoms with Crippen LogP contribution in [0.25, 0.3) is 0 Å². The number of halogens is 3. The molecule has 1 heterocycles. The predicted molar refractivity (Wildman–Crippen MR) is 56.4 cm³/mol. The molecule has 0 spiro atoms. The maximum Gasteiger partial charge on any atom is 0.267 e. The number of rotatable bonds is 1.